The van der Waals surface area contributed by atoms with Crippen LogP contribution in [0.5, 0.6) is 5.75 Å². The van der Waals surface area contributed by atoms with Gasteiger partial charge in [0.25, 0.3) is 5.91 Å². The minimum atomic E-state index is -0.866. The van der Waals surface area contributed by atoms with Crippen LogP contribution in [-0.4, -0.2) is 27.7 Å². The highest BCUT2D eigenvalue weighted by Gasteiger charge is 2.27. The molecule has 0 atom stereocenters. The number of aromatic nitrogens is 1. The molecule has 1 aromatic heterocycles. The number of aromatic hydroxyl groups is 1. The fourth-order valence-electron chi connectivity index (χ4n) is 3.61. The standard InChI is InChI=1S/C22H19ClFNO4/c1-12-16(11-19(27)29-15-6-3-7-15)20-17(8-9-18(26)21(20)24)25(12)22(28)13-4-2-5-14(23)10-13/h2,4-5,8-10,15,26H,3,6-7,11H2,1H3. The number of nitrogens with zero attached hydrogens (tertiary/aromatic N) is 1. The first-order valence-corrected chi connectivity index (χ1v) is 9.75. The summed E-state index contributed by atoms with van der Waals surface area (Å²) in [5.41, 5.74) is 1.34. The van der Waals surface area contributed by atoms with E-state index in [0.717, 1.165) is 19.3 Å². The van der Waals surface area contributed by atoms with Crippen LogP contribution < -0.4 is 0 Å². The van der Waals surface area contributed by atoms with Gasteiger partial charge in [0.05, 0.1) is 11.9 Å². The van der Waals surface area contributed by atoms with Gasteiger partial charge < -0.3 is 9.84 Å². The molecule has 2 aromatic carbocycles. The second-order valence-corrected chi connectivity index (χ2v) is 7.66. The molecule has 7 heteroatoms. The largest absolute Gasteiger partial charge is 0.505 e. The SMILES string of the molecule is Cc1c(CC(=O)OC2CCC2)c2c(F)c(O)ccc2n1C(=O)c1cccc(Cl)c1. The van der Waals surface area contributed by atoms with E-state index < -0.39 is 23.4 Å². The number of hydrogen-bond donors (Lipinski definition) is 1. The quantitative estimate of drug-likeness (QED) is 0.623. The molecule has 4 rings (SSSR count). The van der Waals surface area contributed by atoms with Crippen molar-refractivity contribution in [2.75, 3.05) is 0 Å². The van der Waals surface area contributed by atoms with E-state index in [4.69, 9.17) is 16.3 Å². The van der Waals surface area contributed by atoms with Crippen LogP contribution >= 0.6 is 11.6 Å². The number of rotatable bonds is 4. The third-order valence-electron chi connectivity index (χ3n) is 5.36. The highest BCUT2D eigenvalue weighted by molar-refractivity contribution is 6.31. The van der Waals surface area contributed by atoms with Crippen LogP contribution in [0.3, 0.4) is 0 Å². The number of hydrogen-bond acceptors (Lipinski definition) is 4. The first-order chi connectivity index (χ1) is 13.9. The lowest BCUT2D eigenvalue weighted by Gasteiger charge is -2.25. The summed E-state index contributed by atoms with van der Waals surface area (Å²) in [6.45, 7) is 1.64. The van der Waals surface area contributed by atoms with Gasteiger partial charge in [-0.05, 0) is 62.1 Å². The Hall–Kier alpha value is -2.86. The zero-order valence-corrected chi connectivity index (χ0v) is 16.5. The lowest BCUT2D eigenvalue weighted by atomic mass is 9.96. The highest BCUT2D eigenvalue weighted by Crippen LogP contribution is 2.34. The van der Waals surface area contributed by atoms with Crippen LogP contribution in [0, 0.1) is 12.7 Å². The van der Waals surface area contributed by atoms with Gasteiger partial charge in [0.1, 0.15) is 6.10 Å². The average Bonchev–Trinajstić information content (AvgIpc) is 2.93. The molecular weight excluding hydrogens is 397 g/mol. The molecule has 1 aliphatic carbocycles. The van der Waals surface area contributed by atoms with Crippen LogP contribution in [0.2, 0.25) is 5.02 Å². The van der Waals surface area contributed by atoms with Crippen molar-refractivity contribution in [1.82, 2.24) is 4.57 Å². The molecule has 1 heterocycles. The van der Waals surface area contributed by atoms with Crippen molar-refractivity contribution in [2.45, 2.75) is 38.7 Å². The van der Waals surface area contributed by atoms with Crippen molar-refractivity contribution < 1.29 is 23.8 Å². The van der Waals surface area contributed by atoms with Gasteiger partial charge in [-0.25, -0.2) is 4.39 Å². The molecule has 0 saturated heterocycles. The number of benzene rings is 2. The molecular formula is C22H19ClFNO4. The van der Waals surface area contributed by atoms with Gasteiger partial charge in [-0.1, -0.05) is 17.7 Å². The summed E-state index contributed by atoms with van der Waals surface area (Å²) in [6, 6.07) is 9.09. The predicted octanol–water partition coefficient (Wildman–Crippen LogP) is 4.77. The monoisotopic (exact) mass is 415 g/mol. The molecule has 0 spiro atoms. The van der Waals surface area contributed by atoms with Crippen molar-refractivity contribution in [3.05, 3.63) is 64.1 Å². The summed E-state index contributed by atoms with van der Waals surface area (Å²) < 4.78 is 21.6. The molecule has 0 bridgehead atoms. The van der Waals surface area contributed by atoms with E-state index in [0.29, 0.717) is 21.8 Å². The van der Waals surface area contributed by atoms with Crippen LogP contribution in [0.15, 0.2) is 36.4 Å². The lowest BCUT2D eigenvalue weighted by Crippen LogP contribution is -2.26. The number of phenols is 1. The zero-order chi connectivity index (χ0) is 20.7. The van der Waals surface area contributed by atoms with E-state index in [-0.39, 0.29) is 23.4 Å². The molecule has 0 aliphatic heterocycles. The Morgan fingerprint density at radius 2 is 2.03 bits per heavy atom. The van der Waals surface area contributed by atoms with Gasteiger partial charge in [-0.2, -0.15) is 0 Å². The molecule has 150 valence electrons. The van der Waals surface area contributed by atoms with Crippen molar-refractivity contribution in [3.8, 4) is 5.75 Å². The number of esters is 1. The molecule has 0 radical (unpaired) electrons. The first kappa shape index (κ1) is 19.5. The smallest absolute Gasteiger partial charge is 0.310 e. The fraction of sp³-hybridized carbons (Fsp3) is 0.273. The van der Waals surface area contributed by atoms with E-state index in [2.05, 4.69) is 0 Å². The number of phenolic OH excluding ortho intramolecular Hbond substituents is 1. The molecule has 1 fully saturated rings. The maximum atomic E-state index is 14.8. The van der Waals surface area contributed by atoms with Gasteiger partial charge in [0.15, 0.2) is 11.6 Å². The van der Waals surface area contributed by atoms with Gasteiger partial charge in [-0.15, -0.1) is 0 Å². The minimum absolute atomic E-state index is 0.0448. The number of ether oxygens (including phenoxy) is 1. The van der Waals surface area contributed by atoms with Gasteiger partial charge in [-0.3, -0.25) is 14.2 Å². The van der Waals surface area contributed by atoms with Crippen molar-refractivity contribution in [1.29, 1.82) is 0 Å². The van der Waals surface area contributed by atoms with Crippen LogP contribution in [-0.2, 0) is 16.0 Å². The van der Waals surface area contributed by atoms with E-state index in [1.807, 2.05) is 0 Å². The van der Waals surface area contributed by atoms with E-state index >= 15 is 0 Å². The second kappa shape index (κ2) is 7.52. The highest BCUT2D eigenvalue weighted by atomic mass is 35.5. The Bertz CT molecular complexity index is 1130. The minimum Gasteiger partial charge on any atom is -0.505 e. The summed E-state index contributed by atoms with van der Waals surface area (Å²) in [4.78, 5) is 25.5. The molecule has 3 aromatic rings. The van der Waals surface area contributed by atoms with Gasteiger partial charge in [0, 0.05) is 21.7 Å². The summed E-state index contributed by atoms with van der Waals surface area (Å²) >= 11 is 6.01. The molecule has 0 amide bonds. The van der Waals surface area contributed by atoms with Crippen LogP contribution in [0.4, 0.5) is 4.39 Å². The molecule has 1 saturated carbocycles. The second-order valence-electron chi connectivity index (χ2n) is 7.23. The fourth-order valence-corrected chi connectivity index (χ4v) is 3.80. The third kappa shape index (κ3) is 3.49. The van der Waals surface area contributed by atoms with Crippen LogP contribution in [0.25, 0.3) is 10.9 Å². The Morgan fingerprint density at radius 1 is 1.28 bits per heavy atom. The number of carbonyl (C=O) groups excluding carboxylic acids is 2. The van der Waals surface area contributed by atoms with E-state index in [1.165, 1.54) is 22.8 Å². The summed E-state index contributed by atoms with van der Waals surface area (Å²) in [6.07, 6.45) is 2.40. The topological polar surface area (TPSA) is 68.5 Å². The predicted molar refractivity (Wildman–Crippen MR) is 107 cm³/mol. The van der Waals surface area contributed by atoms with E-state index in [1.54, 1.807) is 25.1 Å². The van der Waals surface area contributed by atoms with Crippen molar-refractivity contribution in [3.63, 3.8) is 0 Å². The summed E-state index contributed by atoms with van der Waals surface area (Å²) in [5, 5.41) is 10.3. The maximum absolute atomic E-state index is 14.8. The Labute approximate surface area is 171 Å². The summed E-state index contributed by atoms with van der Waals surface area (Å²) in [7, 11) is 0. The third-order valence-corrected chi connectivity index (χ3v) is 5.60. The number of fused-ring (bicyclic) bond motifs is 1. The normalized spacial score (nSPS) is 14.0. The number of carbonyl (C=O) groups is 2. The zero-order valence-electron chi connectivity index (χ0n) is 15.7. The molecule has 5 nitrogen and oxygen atoms in total. The lowest BCUT2D eigenvalue weighted by molar-refractivity contribution is -0.152. The average molecular weight is 416 g/mol. The Balaban J connectivity index is 1.82. The van der Waals surface area contributed by atoms with Crippen molar-refractivity contribution in [2.24, 2.45) is 0 Å². The summed E-state index contributed by atoms with van der Waals surface area (Å²) in [5.74, 6) is -2.29. The Kier molecular flexibility index (Phi) is 5.04. The molecule has 1 N–H and O–H groups in total. The Morgan fingerprint density at radius 3 is 2.69 bits per heavy atom. The van der Waals surface area contributed by atoms with Gasteiger partial charge in [0.2, 0.25) is 0 Å². The van der Waals surface area contributed by atoms with Gasteiger partial charge >= 0.3 is 5.97 Å². The first-order valence-electron chi connectivity index (χ1n) is 9.38. The molecule has 0 unspecified atom stereocenters. The van der Waals surface area contributed by atoms with Crippen molar-refractivity contribution >= 4 is 34.4 Å². The number of halogens is 2. The molecule has 29 heavy (non-hydrogen) atoms. The maximum Gasteiger partial charge on any atom is 0.310 e. The van der Waals surface area contributed by atoms with E-state index in [9.17, 15) is 19.1 Å². The van der Waals surface area contributed by atoms with Crippen LogP contribution in [0.1, 0.15) is 40.9 Å². The molecule has 1 aliphatic rings.